The molecule has 6 heteroatoms. The molecular formula is C26H27ClN2O3. The molecule has 2 aromatic rings. The van der Waals surface area contributed by atoms with E-state index < -0.39 is 0 Å². The van der Waals surface area contributed by atoms with Gasteiger partial charge in [0.1, 0.15) is 18.1 Å². The lowest BCUT2D eigenvalue weighted by molar-refractivity contribution is -0.162. The normalized spacial score (nSPS) is 25.7. The maximum absolute atomic E-state index is 12.6. The number of halogens is 1. The lowest BCUT2D eigenvalue weighted by atomic mass is 9.38. The number of allylic oxidation sites excluding steroid dienone is 1. The van der Waals surface area contributed by atoms with Crippen molar-refractivity contribution in [2.75, 3.05) is 6.61 Å². The highest BCUT2D eigenvalue weighted by Gasteiger charge is 2.68. The number of carbonyl (C=O) groups is 2. The van der Waals surface area contributed by atoms with E-state index in [1.165, 1.54) is 12.8 Å². The quantitative estimate of drug-likeness (QED) is 0.573. The Kier molecular flexibility index (Phi) is 5.32. The number of benzene rings is 1. The minimum absolute atomic E-state index is 0.0223. The highest BCUT2D eigenvalue weighted by molar-refractivity contribution is 6.31. The van der Waals surface area contributed by atoms with Crippen molar-refractivity contribution in [1.82, 2.24) is 10.3 Å². The summed E-state index contributed by atoms with van der Waals surface area (Å²) in [6.07, 6.45) is 11.6. The van der Waals surface area contributed by atoms with E-state index in [-0.39, 0.29) is 29.3 Å². The molecule has 1 aromatic heterocycles. The topological polar surface area (TPSA) is 68.3 Å². The first kappa shape index (κ1) is 21.2. The summed E-state index contributed by atoms with van der Waals surface area (Å²) in [5.74, 6) is 1.33. The van der Waals surface area contributed by atoms with Crippen molar-refractivity contribution >= 4 is 29.4 Å². The number of nitrogens with zero attached hydrogens (tertiary/aromatic N) is 1. The first-order chi connectivity index (χ1) is 15.3. The molecule has 4 fully saturated rings. The third kappa shape index (κ3) is 4.44. The number of ketones is 1. The molecule has 0 aliphatic heterocycles. The van der Waals surface area contributed by atoms with Gasteiger partial charge in [0.25, 0.3) is 5.91 Å². The number of carbonyl (C=O) groups excluding carboxylic acids is 2. The fraction of sp³-hybridized carbons (Fsp3) is 0.423. The van der Waals surface area contributed by atoms with Crippen LogP contribution in [0, 0.1) is 18.3 Å². The highest BCUT2D eigenvalue weighted by atomic mass is 35.5. The van der Waals surface area contributed by atoms with Crippen molar-refractivity contribution in [2.24, 2.45) is 11.3 Å². The van der Waals surface area contributed by atoms with E-state index in [4.69, 9.17) is 16.3 Å². The van der Waals surface area contributed by atoms with Gasteiger partial charge in [-0.05, 0) is 85.8 Å². The van der Waals surface area contributed by atoms with Gasteiger partial charge in [-0.1, -0.05) is 29.8 Å². The Morgan fingerprint density at radius 2 is 2.00 bits per heavy atom. The average molecular weight is 451 g/mol. The van der Waals surface area contributed by atoms with Gasteiger partial charge in [0.05, 0.1) is 0 Å². The summed E-state index contributed by atoms with van der Waals surface area (Å²) in [7, 11) is 0. The van der Waals surface area contributed by atoms with Crippen LogP contribution in [-0.2, 0) is 4.79 Å². The Hall–Kier alpha value is -2.66. The summed E-state index contributed by atoms with van der Waals surface area (Å²) in [6, 6.07) is 9.11. The molecule has 5 nitrogen and oxygen atoms in total. The molecule has 4 aliphatic carbocycles. The molecule has 0 unspecified atom stereocenters. The van der Waals surface area contributed by atoms with Crippen LogP contribution in [0.3, 0.4) is 0 Å². The van der Waals surface area contributed by atoms with Crippen LogP contribution in [0.2, 0.25) is 5.02 Å². The highest BCUT2D eigenvalue weighted by Crippen LogP contribution is 2.69. The van der Waals surface area contributed by atoms with E-state index in [0.717, 1.165) is 36.3 Å². The van der Waals surface area contributed by atoms with Crippen LogP contribution in [0.4, 0.5) is 0 Å². The zero-order valence-electron chi connectivity index (χ0n) is 18.2. The maximum Gasteiger partial charge on any atom is 0.270 e. The zero-order chi connectivity index (χ0) is 22.3. The van der Waals surface area contributed by atoms with Crippen LogP contribution in [0.15, 0.2) is 42.6 Å². The standard InChI is InChI=1S/C26H27ClN2O3/c1-17-10-21(7-8-22(17)27)32-13-20(30)11-25-14-26(15-25,16-25)29-24(31)23-9-6-19(12-28-23)5-4-18-2-3-18/h4-10,12,18H,2-3,11,13-16H2,1H3,(H,29,31)/b5-4+. The predicted molar refractivity (Wildman–Crippen MR) is 124 cm³/mol. The lowest BCUT2D eigenvalue weighted by Crippen LogP contribution is -2.75. The number of Topliss-reactive ketones (excluding diaryl/α,β-unsaturated/α-hetero) is 1. The molecule has 4 aliphatic rings. The molecule has 0 spiro atoms. The van der Waals surface area contributed by atoms with Crippen molar-refractivity contribution in [3.63, 3.8) is 0 Å². The largest absolute Gasteiger partial charge is 0.486 e. The number of ether oxygens (including phenoxy) is 1. The molecule has 6 rings (SSSR count). The Morgan fingerprint density at radius 3 is 2.66 bits per heavy atom. The van der Waals surface area contributed by atoms with E-state index in [9.17, 15) is 9.59 Å². The SMILES string of the molecule is Cc1cc(OCC(=O)CC23CC(NC(=O)c4ccc(/C=C/C5CC5)cn4)(C2)C3)ccc1Cl. The summed E-state index contributed by atoms with van der Waals surface area (Å²) in [4.78, 5) is 29.4. The summed E-state index contributed by atoms with van der Waals surface area (Å²) in [5.41, 5.74) is 2.24. The first-order valence-corrected chi connectivity index (χ1v) is 11.6. The van der Waals surface area contributed by atoms with Gasteiger partial charge in [-0.2, -0.15) is 0 Å². The van der Waals surface area contributed by atoms with E-state index in [0.29, 0.717) is 22.9 Å². The van der Waals surface area contributed by atoms with Crippen LogP contribution in [0.1, 0.15) is 60.1 Å². The molecule has 0 saturated heterocycles. The molecule has 4 saturated carbocycles. The Labute approximate surface area is 193 Å². The van der Waals surface area contributed by atoms with E-state index in [1.54, 1.807) is 24.4 Å². The van der Waals surface area contributed by atoms with Crippen LogP contribution >= 0.6 is 11.6 Å². The molecule has 1 amide bonds. The number of nitrogens with one attached hydrogen (secondary N) is 1. The molecule has 0 atom stereocenters. The molecule has 166 valence electrons. The predicted octanol–water partition coefficient (Wildman–Crippen LogP) is 5.16. The van der Waals surface area contributed by atoms with Crippen LogP contribution in [0.5, 0.6) is 5.75 Å². The zero-order valence-corrected chi connectivity index (χ0v) is 19.0. The molecule has 2 bridgehead atoms. The molecular weight excluding hydrogens is 424 g/mol. The molecule has 1 N–H and O–H groups in total. The summed E-state index contributed by atoms with van der Waals surface area (Å²) < 4.78 is 5.64. The molecule has 1 aromatic carbocycles. The molecule has 0 radical (unpaired) electrons. The van der Waals surface area contributed by atoms with Crippen molar-refractivity contribution in [1.29, 1.82) is 0 Å². The van der Waals surface area contributed by atoms with Crippen molar-refractivity contribution in [3.05, 3.63) is 64.4 Å². The lowest BCUT2D eigenvalue weighted by Gasteiger charge is -2.70. The van der Waals surface area contributed by atoms with E-state index in [1.807, 2.05) is 19.1 Å². The van der Waals surface area contributed by atoms with Gasteiger partial charge in [-0.3, -0.25) is 14.6 Å². The van der Waals surface area contributed by atoms with Gasteiger partial charge in [0.15, 0.2) is 5.78 Å². The fourth-order valence-corrected chi connectivity index (χ4v) is 5.25. The maximum atomic E-state index is 12.6. The van der Waals surface area contributed by atoms with Gasteiger partial charge in [-0.25, -0.2) is 0 Å². The Balaban J connectivity index is 1.07. The minimum Gasteiger partial charge on any atom is -0.486 e. The van der Waals surface area contributed by atoms with Gasteiger partial charge < -0.3 is 10.1 Å². The average Bonchev–Trinajstić information content (AvgIpc) is 3.55. The second-order valence-electron chi connectivity index (χ2n) is 9.85. The minimum atomic E-state index is -0.169. The number of amides is 1. The van der Waals surface area contributed by atoms with Crippen LogP contribution < -0.4 is 10.1 Å². The first-order valence-electron chi connectivity index (χ1n) is 11.2. The van der Waals surface area contributed by atoms with Crippen LogP contribution in [-0.4, -0.2) is 28.8 Å². The number of aryl methyl sites for hydroxylation is 1. The van der Waals surface area contributed by atoms with E-state index in [2.05, 4.69) is 22.5 Å². The van der Waals surface area contributed by atoms with Crippen molar-refractivity contribution < 1.29 is 14.3 Å². The number of aromatic nitrogens is 1. The summed E-state index contributed by atoms with van der Waals surface area (Å²) in [5, 5.41) is 3.83. The number of hydrogen-bond acceptors (Lipinski definition) is 4. The monoisotopic (exact) mass is 450 g/mol. The van der Waals surface area contributed by atoms with Crippen molar-refractivity contribution in [2.45, 2.75) is 51.0 Å². The second-order valence-corrected chi connectivity index (χ2v) is 10.3. The number of rotatable bonds is 9. The van der Waals surface area contributed by atoms with Gasteiger partial charge in [0.2, 0.25) is 0 Å². The molecule has 32 heavy (non-hydrogen) atoms. The Bertz CT molecular complexity index is 1070. The fourth-order valence-electron chi connectivity index (χ4n) is 5.14. The Morgan fingerprint density at radius 1 is 1.22 bits per heavy atom. The second kappa shape index (κ2) is 8.04. The van der Waals surface area contributed by atoms with Gasteiger partial charge in [-0.15, -0.1) is 0 Å². The third-order valence-corrected chi connectivity index (χ3v) is 7.25. The smallest absolute Gasteiger partial charge is 0.270 e. The van der Waals surface area contributed by atoms with Crippen molar-refractivity contribution in [3.8, 4) is 5.75 Å². The van der Waals surface area contributed by atoms with Gasteiger partial charge in [0, 0.05) is 23.2 Å². The number of pyridine rings is 1. The summed E-state index contributed by atoms with van der Waals surface area (Å²) >= 11 is 6.02. The summed E-state index contributed by atoms with van der Waals surface area (Å²) in [6.45, 7) is 1.97. The number of hydrogen-bond donors (Lipinski definition) is 1. The van der Waals surface area contributed by atoms with E-state index >= 15 is 0 Å². The third-order valence-electron chi connectivity index (χ3n) is 6.82. The molecule has 1 heterocycles. The van der Waals surface area contributed by atoms with Crippen LogP contribution in [0.25, 0.3) is 6.08 Å². The van der Waals surface area contributed by atoms with Gasteiger partial charge >= 0.3 is 0 Å².